The fourth-order valence-electron chi connectivity index (χ4n) is 1.92. The zero-order valence-corrected chi connectivity index (χ0v) is 14.0. The molecule has 26 heavy (non-hydrogen) atoms. The normalized spacial score (nSPS) is 11.4. The summed E-state index contributed by atoms with van der Waals surface area (Å²) in [5.41, 5.74) is -3.46. The van der Waals surface area contributed by atoms with Crippen LogP contribution in [0.4, 0.5) is 13.2 Å². The summed E-state index contributed by atoms with van der Waals surface area (Å²) in [6.45, 7) is 0. The van der Waals surface area contributed by atoms with Gasteiger partial charge in [0.15, 0.2) is 10.1 Å². The predicted molar refractivity (Wildman–Crippen MR) is 89.7 cm³/mol. The molecule has 0 spiro atoms. The number of benzene rings is 2. The Morgan fingerprint density at radius 2 is 1.04 bits per heavy atom. The highest BCUT2D eigenvalue weighted by Gasteiger charge is 2.36. The van der Waals surface area contributed by atoms with Crippen molar-refractivity contribution in [2.45, 2.75) is 5.51 Å². The summed E-state index contributed by atoms with van der Waals surface area (Å²) >= 11 is 0. The van der Waals surface area contributed by atoms with Crippen LogP contribution in [0.25, 0.3) is 22.6 Å². The third-order valence-electron chi connectivity index (χ3n) is 3.12. The van der Waals surface area contributed by atoms with Gasteiger partial charge in [0.1, 0.15) is 0 Å². The molecule has 0 amide bonds. The lowest BCUT2D eigenvalue weighted by atomic mass is 10.1. The molecule has 0 aliphatic rings. The second-order valence-electron chi connectivity index (χ2n) is 4.99. The first-order valence-corrected chi connectivity index (χ1v) is 8.65. The van der Waals surface area contributed by atoms with Crippen LogP contribution in [0, 0.1) is 0 Å². The largest absolute Gasteiger partial charge is 0.741 e. The number of halogens is 3. The minimum atomic E-state index is -6.09. The van der Waals surface area contributed by atoms with Crippen LogP contribution in [0.5, 0.6) is 0 Å². The van der Waals surface area contributed by atoms with Crippen LogP contribution in [0.1, 0.15) is 0 Å². The quantitative estimate of drug-likeness (QED) is 0.357. The molecule has 0 saturated carbocycles. The zero-order chi connectivity index (χ0) is 19.2. The van der Waals surface area contributed by atoms with E-state index in [-0.39, 0.29) is 0 Å². The molecular weight excluding hydrogens is 369 g/mol. The van der Waals surface area contributed by atoms with Crippen molar-refractivity contribution in [1.29, 1.82) is 0 Å². The van der Waals surface area contributed by atoms with Gasteiger partial charge in [-0.2, -0.15) is 13.2 Å². The molecule has 1 heterocycles. The van der Waals surface area contributed by atoms with Crippen molar-refractivity contribution in [2.75, 3.05) is 0 Å². The lowest BCUT2D eigenvalue weighted by Crippen LogP contribution is -2.21. The summed E-state index contributed by atoms with van der Waals surface area (Å²) in [6, 6.07) is 26.3. The highest BCUT2D eigenvalue weighted by molar-refractivity contribution is 7.86. The van der Waals surface area contributed by atoms with Crippen LogP contribution in [0.15, 0.2) is 83.3 Å². The van der Waals surface area contributed by atoms with Crippen LogP contribution < -0.4 is 0 Å². The lowest BCUT2D eigenvalue weighted by molar-refractivity contribution is -0.0517. The Labute approximate surface area is 148 Å². The number of hydrogen-bond acceptors (Lipinski definition) is 3. The van der Waals surface area contributed by atoms with E-state index in [1.807, 2.05) is 78.9 Å². The molecule has 0 atom stereocenters. The molecule has 8 heteroatoms. The van der Waals surface area contributed by atoms with Crippen molar-refractivity contribution >= 4 is 10.1 Å². The molecule has 0 fully saturated rings. The molecule has 0 aliphatic heterocycles. The van der Waals surface area contributed by atoms with Crippen LogP contribution >= 0.6 is 0 Å². The molecule has 0 N–H and O–H groups in total. The van der Waals surface area contributed by atoms with E-state index in [1.165, 1.54) is 0 Å². The van der Waals surface area contributed by atoms with Crippen molar-refractivity contribution in [3.05, 3.63) is 78.9 Å². The van der Waals surface area contributed by atoms with Gasteiger partial charge < -0.3 is 4.55 Å². The fourth-order valence-corrected chi connectivity index (χ4v) is 1.92. The maximum absolute atomic E-state index is 10.7. The molecule has 1 aromatic heterocycles. The first kappa shape index (κ1) is 19.6. The molecule has 0 bridgehead atoms. The molecule has 0 aliphatic carbocycles. The van der Waals surface area contributed by atoms with E-state index in [4.69, 9.17) is 17.4 Å². The standard InChI is InChI=1S/C17H13O.CHF3O3S/c1-3-8-14(9-4-1)16-12-7-13-17(18-16)15-10-5-2-6-11-15;2-1(3,4)8(5,6)7/h1-13H;(H,5,6,7)/q+1;/p-1. The summed E-state index contributed by atoms with van der Waals surface area (Å²) < 4.78 is 64.9. The highest BCUT2D eigenvalue weighted by Crippen LogP contribution is 2.25. The van der Waals surface area contributed by atoms with Crippen molar-refractivity contribution < 1.29 is 30.6 Å². The van der Waals surface area contributed by atoms with Crippen LogP contribution in [-0.4, -0.2) is 18.5 Å². The fraction of sp³-hybridized carbons (Fsp3) is 0.0556. The van der Waals surface area contributed by atoms with Crippen molar-refractivity contribution in [1.82, 2.24) is 0 Å². The maximum Gasteiger partial charge on any atom is 0.485 e. The van der Waals surface area contributed by atoms with E-state index in [1.54, 1.807) is 0 Å². The van der Waals surface area contributed by atoms with E-state index >= 15 is 0 Å². The molecular formula is C18H13F3O4S. The van der Waals surface area contributed by atoms with E-state index in [0.29, 0.717) is 0 Å². The van der Waals surface area contributed by atoms with Gasteiger partial charge in [-0.3, -0.25) is 0 Å². The molecule has 4 nitrogen and oxygen atoms in total. The zero-order valence-electron chi connectivity index (χ0n) is 13.2. The van der Waals surface area contributed by atoms with E-state index in [9.17, 15) is 13.2 Å². The summed E-state index contributed by atoms with van der Waals surface area (Å²) in [6.07, 6.45) is 0. The first-order valence-electron chi connectivity index (χ1n) is 7.24. The third kappa shape index (κ3) is 5.40. The molecule has 0 saturated heterocycles. The van der Waals surface area contributed by atoms with Gasteiger partial charge in [0.25, 0.3) is 0 Å². The Balaban J connectivity index is 0.000000260. The maximum atomic E-state index is 10.7. The Hall–Kier alpha value is -2.71. The number of rotatable bonds is 2. The lowest BCUT2D eigenvalue weighted by Gasteiger charge is -2.08. The van der Waals surface area contributed by atoms with Gasteiger partial charge in [-0.1, -0.05) is 36.4 Å². The monoisotopic (exact) mass is 382 g/mol. The van der Waals surface area contributed by atoms with Gasteiger partial charge in [0.05, 0.1) is 11.1 Å². The Morgan fingerprint density at radius 3 is 1.35 bits per heavy atom. The van der Waals surface area contributed by atoms with Crippen molar-refractivity contribution in [2.24, 2.45) is 0 Å². The van der Waals surface area contributed by atoms with Gasteiger partial charge in [0.2, 0.25) is 0 Å². The van der Waals surface area contributed by atoms with Crippen LogP contribution in [0.3, 0.4) is 0 Å². The van der Waals surface area contributed by atoms with Crippen molar-refractivity contribution in [3.8, 4) is 22.6 Å². The van der Waals surface area contributed by atoms with E-state index in [0.717, 1.165) is 22.6 Å². The highest BCUT2D eigenvalue weighted by atomic mass is 32.2. The smallest absolute Gasteiger partial charge is 0.485 e. The van der Waals surface area contributed by atoms with Crippen molar-refractivity contribution in [3.63, 3.8) is 0 Å². The summed E-state index contributed by atoms with van der Waals surface area (Å²) in [7, 11) is -6.09. The Bertz CT molecular complexity index is 886. The second-order valence-corrected chi connectivity index (χ2v) is 6.36. The SMILES string of the molecule is O=S(=O)([O-])C(F)(F)F.c1ccc(-c2cccc(-c3ccccc3)[o+]2)cc1. The molecule has 0 unspecified atom stereocenters. The van der Waals surface area contributed by atoms with Gasteiger partial charge in [0, 0.05) is 12.1 Å². The third-order valence-corrected chi connectivity index (χ3v) is 3.68. The average molecular weight is 382 g/mol. The molecule has 2 aromatic carbocycles. The second kappa shape index (κ2) is 8.11. The van der Waals surface area contributed by atoms with Gasteiger partial charge in [-0.25, -0.2) is 12.8 Å². The molecule has 0 radical (unpaired) electrons. The molecule has 3 aromatic rings. The Morgan fingerprint density at radius 1 is 0.692 bits per heavy atom. The van der Waals surface area contributed by atoms with Crippen LogP contribution in [-0.2, 0) is 10.1 Å². The Kier molecular flexibility index (Phi) is 6.12. The number of alkyl halides is 3. The summed E-state index contributed by atoms with van der Waals surface area (Å²) in [5, 5.41) is 0. The van der Waals surface area contributed by atoms with E-state index in [2.05, 4.69) is 0 Å². The first-order chi connectivity index (χ1) is 12.2. The topological polar surface area (TPSA) is 68.5 Å². The molecule has 136 valence electrons. The van der Waals surface area contributed by atoms with Crippen LogP contribution in [0.2, 0.25) is 0 Å². The summed E-state index contributed by atoms with van der Waals surface area (Å²) in [4.78, 5) is 0. The average Bonchev–Trinajstić information content (AvgIpc) is 2.62. The van der Waals surface area contributed by atoms with Gasteiger partial charge >= 0.3 is 17.0 Å². The van der Waals surface area contributed by atoms with Gasteiger partial charge in [-0.15, -0.1) is 0 Å². The summed E-state index contributed by atoms with van der Waals surface area (Å²) in [5.74, 6) is 1.77. The minimum absolute atomic E-state index is 0.886. The molecule has 3 rings (SSSR count). The minimum Gasteiger partial charge on any atom is -0.741 e. The predicted octanol–water partition coefficient (Wildman–Crippen LogP) is 4.95. The van der Waals surface area contributed by atoms with E-state index < -0.39 is 15.6 Å². The van der Waals surface area contributed by atoms with Gasteiger partial charge in [-0.05, 0) is 30.3 Å². The number of hydrogen-bond donors (Lipinski definition) is 0.